The molecule has 9 atom stereocenters. The fourth-order valence-corrected chi connectivity index (χ4v) is 8.74. The molecule has 0 aromatic heterocycles. The van der Waals surface area contributed by atoms with Crippen LogP contribution in [0.25, 0.3) is 0 Å². The van der Waals surface area contributed by atoms with Crippen molar-refractivity contribution in [3.05, 3.63) is 11.6 Å². The van der Waals surface area contributed by atoms with E-state index < -0.39 is 12.2 Å². The van der Waals surface area contributed by atoms with E-state index >= 15 is 0 Å². The predicted molar refractivity (Wildman–Crippen MR) is 120 cm³/mol. The van der Waals surface area contributed by atoms with Gasteiger partial charge >= 0.3 is 0 Å². The number of hydrogen-bond donors (Lipinski definition) is 2. The molecule has 2 nitrogen and oxygen atoms in total. The largest absolute Gasteiger partial charge is 0.390 e. The lowest BCUT2D eigenvalue weighted by Gasteiger charge is -2.59. The molecular formula is C27H46O2. The van der Waals surface area contributed by atoms with Crippen LogP contribution in [-0.4, -0.2) is 22.4 Å². The van der Waals surface area contributed by atoms with Crippen molar-refractivity contribution in [2.75, 3.05) is 0 Å². The normalized spacial score (nSPS) is 47.9. The second kappa shape index (κ2) is 7.97. The van der Waals surface area contributed by atoms with Gasteiger partial charge in [0.25, 0.3) is 0 Å². The first-order valence-corrected chi connectivity index (χ1v) is 12.7. The van der Waals surface area contributed by atoms with Crippen molar-refractivity contribution in [1.29, 1.82) is 0 Å². The molecule has 0 unspecified atom stereocenters. The minimum absolute atomic E-state index is 0.115. The van der Waals surface area contributed by atoms with Crippen LogP contribution >= 0.6 is 0 Å². The van der Waals surface area contributed by atoms with Crippen molar-refractivity contribution in [3.8, 4) is 0 Å². The number of aliphatic hydroxyl groups is 2. The number of rotatable bonds is 5. The third-order valence-electron chi connectivity index (χ3n) is 10.4. The van der Waals surface area contributed by atoms with E-state index in [1.165, 1.54) is 50.5 Å². The highest BCUT2D eigenvalue weighted by molar-refractivity contribution is 5.29. The Balaban J connectivity index is 1.51. The van der Waals surface area contributed by atoms with E-state index in [9.17, 15) is 10.2 Å². The Labute approximate surface area is 179 Å². The maximum atomic E-state index is 10.7. The van der Waals surface area contributed by atoms with Gasteiger partial charge in [0.1, 0.15) is 6.10 Å². The second-order valence-electron chi connectivity index (χ2n) is 12.3. The summed E-state index contributed by atoms with van der Waals surface area (Å²) < 4.78 is 0. The van der Waals surface area contributed by atoms with Gasteiger partial charge in [0, 0.05) is 0 Å². The van der Waals surface area contributed by atoms with Crippen molar-refractivity contribution < 1.29 is 10.2 Å². The van der Waals surface area contributed by atoms with Crippen LogP contribution in [0.1, 0.15) is 98.8 Å². The van der Waals surface area contributed by atoms with Gasteiger partial charge in [-0.15, -0.1) is 0 Å². The molecule has 3 fully saturated rings. The number of allylic oxidation sites excluding steroid dienone is 1. The molecule has 2 N–H and O–H groups in total. The van der Waals surface area contributed by atoms with Gasteiger partial charge in [-0.1, -0.05) is 60.0 Å². The maximum Gasteiger partial charge on any atom is 0.101 e. The van der Waals surface area contributed by atoms with E-state index in [-0.39, 0.29) is 5.41 Å². The lowest BCUT2D eigenvalue weighted by atomic mass is 9.46. The minimum atomic E-state index is -0.625. The van der Waals surface area contributed by atoms with Crippen molar-refractivity contribution >= 4 is 0 Å². The topological polar surface area (TPSA) is 40.5 Å². The lowest BCUT2D eigenvalue weighted by Crippen LogP contribution is -2.53. The SMILES string of the molecule is CC(C)CCC[C@H](C)[C@H]1CC[C@@H]2[C@@H]3CC=C4[C@@H](O)[C@H](O)CC[C@]4(C)[C@@H]3CC[C@@]21C. The van der Waals surface area contributed by atoms with Crippen LogP contribution in [0.4, 0.5) is 0 Å². The monoisotopic (exact) mass is 402 g/mol. The summed E-state index contributed by atoms with van der Waals surface area (Å²) in [6.45, 7) is 12.3. The molecule has 3 saturated carbocycles. The Kier molecular flexibility index (Phi) is 6.01. The molecule has 0 radical (unpaired) electrons. The van der Waals surface area contributed by atoms with Crippen molar-refractivity contribution in [3.63, 3.8) is 0 Å². The van der Waals surface area contributed by atoms with E-state index in [2.05, 4.69) is 40.7 Å². The van der Waals surface area contributed by atoms with Gasteiger partial charge in [0.15, 0.2) is 0 Å². The van der Waals surface area contributed by atoms with Crippen LogP contribution in [0, 0.1) is 46.3 Å². The molecule has 0 aromatic carbocycles. The Bertz CT molecular complexity index is 624. The quantitative estimate of drug-likeness (QED) is 0.525. The van der Waals surface area contributed by atoms with Crippen molar-refractivity contribution in [2.45, 2.75) is 111 Å². The fourth-order valence-electron chi connectivity index (χ4n) is 8.74. The summed E-state index contributed by atoms with van der Waals surface area (Å²) in [5.74, 6) is 4.95. The predicted octanol–water partition coefficient (Wildman–Crippen LogP) is 6.36. The zero-order chi connectivity index (χ0) is 21.0. The molecule has 4 aliphatic carbocycles. The van der Waals surface area contributed by atoms with Crippen molar-refractivity contribution in [1.82, 2.24) is 0 Å². The molecule has 0 spiro atoms. The van der Waals surface area contributed by atoms with E-state index in [0.717, 1.165) is 48.9 Å². The number of aliphatic hydroxyl groups excluding tert-OH is 2. The van der Waals surface area contributed by atoms with Gasteiger partial charge in [-0.3, -0.25) is 0 Å². The van der Waals surface area contributed by atoms with Gasteiger partial charge < -0.3 is 10.2 Å². The van der Waals surface area contributed by atoms with Crippen molar-refractivity contribution in [2.24, 2.45) is 46.3 Å². The summed E-state index contributed by atoms with van der Waals surface area (Å²) in [5, 5.41) is 20.9. The highest BCUT2D eigenvalue weighted by Gasteiger charge is 2.60. The van der Waals surface area contributed by atoms with Gasteiger partial charge in [0.2, 0.25) is 0 Å². The van der Waals surface area contributed by atoms with Gasteiger partial charge in [-0.25, -0.2) is 0 Å². The maximum absolute atomic E-state index is 10.7. The standard InChI is InChI=1S/C27H46O2/c1-17(2)7-6-8-18(3)20-11-12-21-19-9-10-23-25(29)24(28)14-16-27(23,5)22(19)13-15-26(20,21)4/h10,17-22,24-25,28-29H,6-9,11-16H2,1-5H3/t18-,19-,20+,21+,22+,24+,25+,26+,27+/m0/s1. The fraction of sp³-hybridized carbons (Fsp3) is 0.926. The van der Waals surface area contributed by atoms with Gasteiger partial charge in [-0.05, 0) is 96.9 Å². The highest BCUT2D eigenvalue weighted by Crippen LogP contribution is 2.67. The van der Waals surface area contributed by atoms with E-state index in [4.69, 9.17) is 0 Å². The third kappa shape index (κ3) is 3.55. The summed E-state index contributed by atoms with van der Waals surface area (Å²) >= 11 is 0. The highest BCUT2D eigenvalue weighted by atomic mass is 16.3. The van der Waals surface area contributed by atoms with Crippen LogP contribution in [0.3, 0.4) is 0 Å². The molecule has 0 aromatic rings. The molecule has 29 heavy (non-hydrogen) atoms. The molecule has 0 heterocycles. The van der Waals surface area contributed by atoms with E-state index in [0.29, 0.717) is 11.3 Å². The minimum Gasteiger partial charge on any atom is -0.390 e. The smallest absolute Gasteiger partial charge is 0.101 e. The van der Waals surface area contributed by atoms with Crippen LogP contribution in [-0.2, 0) is 0 Å². The molecule has 4 rings (SSSR count). The molecule has 0 saturated heterocycles. The molecule has 0 amide bonds. The first-order valence-electron chi connectivity index (χ1n) is 12.7. The summed E-state index contributed by atoms with van der Waals surface area (Å²) in [6, 6.07) is 0. The summed E-state index contributed by atoms with van der Waals surface area (Å²) in [5.41, 5.74) is 1.81. The summed E-state index contributed by atoms with van der Waals surface area (Å²) in [6.07, 6.45) is 13.9. The summed E-state index contributed by atoms with van der Waals surface area (Å²) in [4.78, 5) is 0. The van der Waals surface area contributed by atoms with E-state index in [1.807, 2.05) is 0 Å². The lowest BCUT2D eigenvalue weighted by molar-refractivity contribution is -0.0801. The average Bonchev–Trinajstić information content (AvgIpc) is 3.02. The van der Waals surface area contributed by atoms with Crippen LogP contribution < -0.4 is 0 Å². The third-order valence-corrected chi connectivity index (χ3v) is 10.4. The molecule has 2 heteroatoms. The Hall–Kier alpha value is -0.340. The summed E-state index contributed by atoms with van der Waals surface area (Å²) in [7, 11) is 0. The van der Waals surface area contributed by atoms with Gasteiger partial charge in [0.05, 0.1) is 6.10 Å². The molecule has 0 bridgehead atoms. The number of fused-ring (bicyclic) bond motifs is 5. The first kappa shape index (κ1) is 21.9. The van der Waals surface area contributed by atoms with Crippen LogP contribution in [0.5, 0.6) is 0 Å². The molecule has 0 aliphatic heterocycles. The van der Waals surface area contributed by atoms with Crippen LogP contribution in [0.15, 0.2) is 11.6 Å². The van der Waals surface area contributed by atoms with Crippen LogP contribution in [0.2, 0.25) is 0 Å². The zero-order valence-corrected chi connectivity index (χ0v) is 19.7. The number of hydrogen-bond acceptors (Lipinski definition) is 2. The molecular weight excluding hydrogens is 356 g/mol. The Morgan fingerprint density at radius 2 is 1.72 bits per heavy atom. The molecule has 166 valence electrons. The second-order valence-corrected chi connectivity index (χ2v) is 12.3. The molecule has 4 aliphatic rings. The first-order chi connectivity index (χ1) is 13.7. The van der Waals surface area contributed by atoms with E-state index in [1.54, 1.807) is 0 Å². The zero-order valence-electron chi connectivity index (χ0n) is 19.7. The average molecular weight is 403 g/mol. The Morgan fingerprint density at radius 1 is 0.966 bits per heavy atom. The van der Waals surface area contributed by atoms with Gasteiger partial charge in [-0.2, -0.15) is 0 Å². The Morgan fingerprint density at radius 3 is 2.45 bits per heavy atom.